The molecule has 1 amide bonds. The van der Waals surface area contributed by atoms with Gasteiger partial charge >= 0.3 is 6.09 Å². The monoisotopic (exact) mass is 290 g/mol. The molecule has 110 valence electrons. The van der Waals surface area contributed by atoms with Crippen molar-refractivity contribution in [3.8, 4) is 0 Å². The van der Waals surface area contributed by atoms with E-state index in [1.165, 1.54) is 0 Å². The lowest BCUT2D eigenvalue weighted by molar-refractivity contribution is -0.133. The van der Waals surface area contributed by atoms with E-state index in [1.54, 1.807) is 20.8 Å². The lowest BCUT2D eigenvalue weighted by atomic mass is 10.1. The molecule has 0 saturated carbocycles. The van der Waals surface area contributed by atoms with Crippen LogP contribution < -0.4 is 10.6 Å². The molecule has 0 aromatic carbocycles. The predicted molar refractivity (Wildman–Crippen MR) is 74.6 cm³/mol. The fourth-order valence-corrected chi connectivity index (χ4v) is 1.90. The number of alkyl carbamates (subject to hydrolysis) is 1. The highest BCUT2D eigenvalue weighted by molar-refractivity contribution is 7.80. The third-order valence-electron chi connectivity index (χ3n) is 2.46. The number of hydrogen-bond donors (Lipinski definition) is 3. The van der Waals surface area contributed by atoms with Gasteiger partial charge in [-0.25, -0.2) is 4.79 Å². The Labute approximate surface area is 119 Å². The molecule has 1 fully saturated rings. The van der Waals surface area contributed by atoms with E-state index in [2.05, 4.69) is 23.3 Å². The number of carbonyl (C=O) groups excluding carboxylic acids is 2. The molecule has 0 aromatic rings. The number of thiol groups is 1. The first kappa shape index (κ1) is 16.3. The van der Waals surface area contributed by atoms with Crippen molar-refractivity contribution in [2.45, 2.75) is 38.5 Å². The SMILES string of the molecule is CC(C)(C)OC(=O)N[C@@H](CS)C(=O)C1CNCCO1. The highest BCUT2D eigenvalue weighted by Gasteiger charge is 2.30. The maximum atomic E-state index is 12.1. The van der Waals surface area contributed by atoms with Gasteiger partial charge in [0.2, 0.25) is 0 Å². The Hall–Kier alpha value is -0.790. The predicted octanol–water partition coefficient (Wildman–Crippen LogP) is 0.367. The maximum Gasteiger partial charge on any atom is 0.408 e. The summed E-state index contributed by atoms with van der Waals surface area (Å²) >= 11 is 4.09. The summed E-state index contributed by atoms with van der Waals surface area (Å²) in [5.74, 6) is 0.0193. The van der Waals surface area contributed by atoms with Gasteiger partial charge in [-0.15, -0.1) is 0 Å². The summed E-state index contributed by atoms with van der Waals surface area (Å²) in [6.45, 7) is 6.96. The summed E-state index contributed by atoms with van der Waals surface area (Å²) in [4.78, 5) is 23.8. The molecule has 0 aliphatic carbocycles. The van der Waals surface area contributed by atoms with Crippen molar-refractivity contribution in [3.63, 3.8) is 0 Å². The van der Waals surface area contributed by atoms with Crippen LogP contribution in [-0.4, -0.2) is 55.1 Å². The largest absolute Gasteiger partial charge is 0.444 e. The van der Waals surface area contributed by atoms with Crippen molar-refractivity contribution in [1.82, 2.24) is 10.6 Å². The summed E-state index contributed by atoms with van der Waals surface area (Å²) < 4.78 is 10.5. The molecule has 1 heterocycles. The molecule has 0 radical (unpaired) electrons. The van der Waals surface area contributed by atoms with E-state index in [0.717, 1.165) is 6.54 Å². The zero-order valence-electron chi connectivity index (χ0n) is 11.6. The van der Waals surface area contributed by atoms with E-state index in [1.807, 2.05) is 0 Å². The normalized spacial score (nSPS) is 21.6. The number of rotatable bonds is 4. The standard InChI is InChI=1S/C12H22N2O4S/c1-12(2,3)18-11(16)14-8(7-19)10(15)9-6-13-4-5-17-9/h8-9,13,19H,4-7H2,1-3H3,(H,14,16)/t8-,9?/m0/s1. The number of Topliss-reactive ketones (excluding diaryl/α,β-unsaturated/α-hetero) is 1. The van der Waals surface area contributed by atoms with Crippen LogP contribution in [-0.2, 0) is 14.3 Å². The highest BCUT2D eigenvalue weighted by atomic mass is 32.1. The van der Waals surface area contributed by atoms with E-state index in [-0.39, 0.29) is 11.5 Å². The number of hydrogen-bond acceptors (Lipinski definition) is 6. The zero-order chi connectivity index (χ0) is 14.5. The second-order valence-electron chi connectivity index (χ2n) is 5.35. The first-order valence-electron chi connectivity index (χ1n) is 6.30. The third kappa shape index (κ3) is 5.80. The number of amides is 1. The van der Waals surface area contributed by atoms with Crippen LogP contribution in [0, 0.1) is 0 Å². The fourth-order valence-electron chi connectivity index (χ4n) is 1.63. The summed E-state index contributed by atoms with van der Waals surface area (Å²) in [6, 6.07) is -0.705. The molecule has 0 aromatic heterocycles. The van der Waals surface area contributed by atoms with Gasteiger partial charge in [0.05, 0.1) is 6.61 Å². The van der Waals surface area contributed by atoms with E-state index in [9.17, 15) is 9.59 Å². The average molecular weight is 290 g/mol. The van der Waals surface area contributed by atoms with Crippen LogP contribution in [0.25, 0.3) is 0 Å². The minimum Gasteiger partial charge on any atom is -0.444 e. The van der Waals surface area contributed by atoms with Crippen LogP contribution in [0.5, 0.6) is 0 Å². The second kappa shape index (κ2) is 7.12. The number of morpholine rings is 1. The van der Waals surface area contributed by atoms with Crippen LogP contribution in [0.4, 0.5) is 4.79 Å². The Morgan fingerprint density at radius 2 is 2.21 bits per heavy atom. The molecule has 1 aliphatic heterocycles. The molecule has 19 heavy (non-hydrogen) atoms. The summed E-state index contributed by atoms with van der Waals surface area (Å²) in [7, 11) is 0. The zero-order valence-corrected chi connectivity index (χ0v) is 12.5. The Morgan fingerprint density at radius 1 is 1.53 bits per heavy atom. The molecule has 7 heteroatoms. The lowest BCUT2D eigenvalue weighted by Crippen LogP contribution is -2.53. The van der Waals surface area contributed by atoms with Crippen molar-refractivity contribution < 1.29 is 19.1 Å². The number of ether oxygens (including phenoxy) is 2. The summed E-state index contributed by atoms with van der Waals surface area (Å²) in [5, 5.41) is 5.60. The van der Waals surface area contributed by atoms with Gasteiger partial charge in [-0.1, -0.05) is 0 Å². The Bertz CT molecular complexity index is 324. The minimum absolute atomic E-state index is 0.187. The molecule has 1 rings (SSSR count). The average Bonchev–Trinajstić information content (AvgIpc) is 2.34. The third-order valence-corrected chi connectivity index (χ3v) is 2.83. The fraction of sp³-hybridized carbons (Fsp3) is 0.833. The molecular weight excluding hydrogens is 268 g/mol. The molecule has 2 N–H and O–H groups in total. The van der Waals surface area contributed by atoms with E-state index >= 15 is 0 Å². The van der Waals surface area contributed by atoms with Crippen LogP contribution in [0.2, 0.25) is 0 Å². The van der Waals surface area contributed by atoms with Crippen LogP contribution >= 0.6 is 12.6 Å². The van der Waals surface area contributed by atoms with Gasteiger partial charge in [-0.2, -0.15) is 12.6 Å². The first-order valence-corrected chi connectivity index (χ1v) is 6.93. The van der Waals surface area contributed by atoms with E-state index < -0.39 is 23.8 Å². The molecule has 0 spiro atoms. The Balaban J connectivity index is 2.52. The van der Waals surface area contributed by atoms with E-state index in [4.69, 9.17) is 9.47 Å². The molecule has 1 aliphatic rings. The van der Waals surface area contributed by atoms with Gasteiger partial charge in [-0.05, 0) is 20.8 Å². The van der Waals surface area contributed by atoms with Crippen LogP contribution in [0.3, 0.4) is 0 Å². The van der Waals surface area contributed by atoms with Crippen LogP contribution in [0.15, 0.2) is 0 Å². The molecule has 0 bridgehead atoms. The number of nitrogens with one attached hydrogen (secondary N) is 2. The van der Waals surface area contributed by atoms with Crippen LogP contribution in [0.1, 0.15) is 20.8 Å². The minimum atomic E-state index is -0.705. The van der Waals surface area contributed by atoms with Crippen molar-refractivity contribution in [1.29, 1.82) is 0 Å². The van der Waals surface area contributed by atoms with Gasteiger partial charge in [0, 0.05) is 18.8 Å². The summed E-state index contributed by atoms with van der Waals surface area (Å²) in [5.41, 5.74) is -0.600. The van der Waals surface area contributed by atoms with Gasteiger partial charge < -0.3 is 20.1 Å². The first-order chi connectivity index (χ1) is 8.83. The molecule has 2 atom stereocenters. The smallest absolute Gasteiger partial charge is 0.408 e. The number of carbonyl (C=O) groups is 2. The number of ketones is 1. The van der Waals surface area contributed by atoms with Crippen molar-refractivity contribution >= 4 is 24.5 Å². The van der Waals surface area contributed by atoms with Gasteiger partial charge in [0.25, 0.3) is 0 Å². The molecule has 1 unspecified atom stereocenters. The second-order valence-corrected chi connectivity index (χ2v) is 5.71. The van der Waals surface area contributed by atoms with Gasteiger partial charge in [0.15, 0.2) is 5.78 Å². The summed E-state index contributed by atoms with van der Waals surface area (Å²) in [6.07, 6.45) is -1.16. The Kier molecular flexibility index (Phi) is 6.09. The van der Waals surface area contributed by atoms with E-state index in [0.29, 0.717) is 13.2 Å². The maximum absolute atomic E-state index is 12.1. The molecule has 1 saturated heterocycles. The van der Waals surface area contributed by atoms with Crippen molar-refractivity contribution in [3.05, 3.63) is 0 Å². The molecule has 6 nitrogen and oxygen atoms in total. The highest BCUT2D eigenvalue weighted by Crippen LogP contribution is 2.08. The van der Waals surface area contributed by atoms with Gasteiger partial charge in [0.1, 0.15) is 17.7 Å². The lowest BCUT2D eigenvalue weighted by Gasteiger charge is -2.27. The Morgan fingerprint density at radius 3 is 2.68 bits per heavy atom. The quantitative estimate of drug-likeness (QED) is 0.652. The van der Waals surface area contributed by atoms with Crippen molar-refractivity contribution in [2.75, 3.05) is 25.4 Å². The van der Waals surface area contributed by atoms with Crippen molar-refractivity contribution in [2.24, 2.45) is 0 Å². The van der Waals surface area contributed by atoms with Gasteiger partial charge in [-0.3, -0.25) is 4.79 Å². The molecular formula is C12H22N2O4S. The topological polar surface area (TPSA) is 76.7 Å².